The van der Waals surface area contributed by atoms with Gasteiger partial charge in [0.05, 0.1) is 5.56 Å². The van der Waals surface area contributed by atoms with Crippen LogP contribution >= 0.6 is 38.5 Å². The predicted octanol–water partition coefficient (Wildman–Crippen LogP) is 3.69. The van der Waals surface area contributed by atoms with Gasteiger partial charge in [-0.15, -0.1) is 0 Å². The summed E-state index contributed by atoms with van der Waals surface area (Å²) in [5, 5.41) is 2.92. The van der Waals surface area contributed by atoms with Crippen molar-refractivity contribution >= 4 is 44.4 Å². The van der Waals surface area contributed by atoms with Crippen molar-refractivity contribution in [2.45, 2.75) is 13.5 Å². The third-order valence-electron chi connectivity index (χ3n) is 2.76. The zero-order valence-corrected chi connectivity index (χ0v) is 14.0. The molecule has 98 valence electrons. The number of nitrogens with zero attached hydrogens (tertiary/aromatic N) is 1. The number of halogens is 2. The number of carbonyl (C=O) groups excluding carboxylic acids is 1. The van der Waals surface area contributed by atoms with Gasteiger partial charge in [0.1, 0.15) is 0 Å². The van der Waals surface area contributed by atoms with E-state index in [-0.39, 0.29) is 5.91 Å². The van der Waals surface area contributed by atoms with Crippen LogP contribution in [0, 0.1) is 10.5 Å². The van der Waals surface area contributed by atoms with Gasteiger partial charge in [0.25, 0.3) is 5.91 Å². The van der Waals surface area contributed by atoms with Crippen LogP contribution < -0.4 is 5.32 Å². The summed E-state index contributed by atoms with van der Waals surface area (Å²) in [4.78, 5) is 16.2. The maximum Gasteiger partial charge on any atom is 0.252 e. The molecule has 0 aliphatic heterocycles. The molecule has 0 atom stereocenters. The van der Waals surface area contributed by atoms with E-state index in [9.17, 15) is 4.79 Å². The Kier molecular flexibility index (Phi) is 4.93. The number of pyridine rings is 1. The van der Waals surface area contributed by atoms with Crippen molar-refractivity contribution in [2.24, 2.45) is 0 Å². The lowest BCUT2D eigenvalue weighted by Gasteiger charge is -2.09. The van der Waals surface area contributed by atoms with Crippen LogP contribution in [0.25, 0.3) is 0 Å². The summed E-state index contributed by atoms with van der Waals surface area (Å²) in [6, 6.07) is 7.59. The minimum atomic E-state index is -0.0750. The Balaban J connectivity index is 2.10. The highest BCUT2D eigenvalue weighted by atomic mass is 127. The Morgan fingerprint density at radius 2 is 2.21 bits per heavy atom. The van der Waals surface area contributed by atoms with E-state index < -0.39 is 0 Å². The lowest BCUT2D eigenvalue weighted by Crippen LogP contribution is -2.24. The number of aryl methyl sites for hydroxylation is 1. The van der Waals surface area contributed by atoms with Crippen molar-refractivity contribution in [2.75, 3.05) is 0 Å². The van der Waals surface area contributed by atoms with E-state index in [1.807, 2.05) is 31.2 Å². The van der Waals surface area contributed by atoms with Gasteiger partial charge >= 0.3 is 0 Å². The summed E-state index contributed by atoms with van der Waals surface area (Å²) < 4.78 is 1.83. The molecule has 0 fully saturated rings. The lowest BCUT2D eigenvalue weighted by molar-refractivity contribution is 0.0950. The summed E-state index contributed by atoms with van der Waals surface area (Å²) in [7, 11) is 0. The largest absolute Gasteiger partial charge is 0.348 e. The molecule has 3 nitrogen and oxygen atoms in total. The van der Waals surface area contributed by atoms with E-state index >= 15 is 0 Å². The monoisotopic (exact) mass is 430 g/mol. The van der Waals surface area contributed by atoms with Crippen LogP contribution in [-0.2, 0) is 6.54 Å². The van der Waals surface area contributed by atoms with Gasteiger partial charge in [0, 0.05) is 27.0 Å². The van der Waals surface area contributed by atoms with E-state index in [0.29, 0.717) is 12.1 Å². The summed E-state index contributed by atoms with van der Waals surface area (Å²) in [5.41, 5.74) is 2.83. The normalized spacial score (nSPS) is 10.3. The van der Waals surface area contributed by atoms with Crippen LogP contribution in [0.1, 0.15) is 21.5 Å². The average Bonchev–Trinajstić information content (AvgIpc) is 2.40. The first-order valence-electron chi connectivity index (χ1n) is 5.70. The zero-order valence-electron chi connectivity index (χ0n) is 10.3. The number of rotatable bonds is 3. The van der Waals surface area contributed by atoms with E-state index in [2.05, 4.69) is 48.8 Å². The van der Waals surface area contributed by atoms with Crippen LogP contribution in [0.2, 0.25) is 0 Å². The molecule has 0 unspecified atom stereocenters. The first-order valence-corrected chi connectivity index (χ1v) is 7.58. The van der Waals surface area contributed by atoms with Crippen LogP contribution in [0.5, 0.6) is 0 Å². The molecule has 0 aliphatic carbocycles. The Morgan fingerprint density at radius 1 is 1.42 bits per heavy atom. The highest BCUT2D eigenvalue weighted by Crippen LogP contribution is 2.18. The smallest absolute Gasteiger partial charge is 0.252 e. The minimum Gasteiger partial charge on any atom is -0.348 e. The number of hydrogen-bond acceptors (Lipinski definition) is 2. The molecule has 1 aromatic carbocycles. The molecule has 1 N–H and O–H groups in total. The molecule has 0 bridgehead atoms. The maximum atomic E-state index is 12.1. The maximum absolute atomic E-state index is 12.1. The van der Waals surface area contributed by atoms with Crippen molar-refractivity contribution in [1.82, 2.24) is 10.3 Å². The number of amides is 1. The molecule has 1 amide bonds. The van der Waals surface area contributed by atoms with Crippen LogP contribution in [0.3, 0.4) is 0 Å². The molecule has 0 radical (unpaired) electrons. The SMILES string of the molecule is Cc1ccncc1CNC(=O)c1cc(Br)ccc1I. The molecule has 2 rings (SSSR count). The molecule has 0 saturated heterocycles. The highest BCUT2D eigenvalue weighted by Gasteiger charge is 2.10. The van der Waals surface area contributed by atoms with Gasteiger partial charge in [0.15, 0.2) is 0 Å². The second kappa shape index (κ2) is 6.47. The first kappa shape index (κ1) is 14.5. The quantitative estimate of drug-likeness (QED) is 0.754. The second-order valence-corrected chi connectivity index (χ2v) is 6.19. The molecule has 5 heteroatoms. The van der Waals surface area contributed by atoms with Crippen molar-refractivity contribution in [1.29, 1.82) is 0 Å². The predicted molar refractivity (Wildman–Crippen MR) is 87.0 cm³/mol. The van der Waals surface area contributed by atoms with Crippen molar-refractivity contribution in [3.8, 4) is 0 Å². The van der Waals surface area contributed by atoms with Crippen molar-refractivity contribution < 1.29 is 4.79 Å². The van der Waals surface area contributed by atoms with Crippen molar-refractivity contribution in [3.05, 3.63) is 61.4 Å². The summed E-state index contributed by atoms with van der Waals surface area (Å²) in [6.07, 6.45) is 3.53. The Labute approximate surface area is 134 Å². The number of benzene rings is 1. The fourth-order valence-electron chi connectivity index (χ4n) is 1.62. The number of carbonyl (C=O) groups is 1. The third-order valence-corrected chi connectivity index (χ3v) is 4.19. The van der Waals surface area contributed by atoms with Gasteiger partial charge in [0.2, 0.25) is 0 Å². The fraction of sp³-hybridized carbons (Fsp3) is 0.143. The number of aromatic nitrogens is 1. The van der Waals surface area contributed by atoms with Crippen molar-refractivity contribution in [3.63, 3.8) is 0 Å². The molecule has 0 aliphatic rings. The fourth-order valence-corrected chi connectivity index (χ4v) is 2.57. The van der Waals surface area contributed by atoms with Crippen LogP contribution in [-0.4, -0.2) is 10.9 Å². The third kappa shape index (κ3) is 3.76. The highest BCUT2D eigenvalue weighted by molar-refractivity contribution is 14.1. The van der Waals surface area contributed by atoms with Gasteiger partial charge in [-0.05, 0) is 64.9 Å². The summed E-state index contributed by atoms with van der Waals surface area (Å²) in [5.74, 6) is -0.0750. The van der Waals surface area contributed by atoms with Gasteiger partial charge < -0.3 is 5.32 Å². The Morgan fingerprint density at radius 3 is 2.95 bits per heavy atom. The average molecular weight is 431 g/mol. The summed E-state index contributed by atoms with van der Waals surface area (Å²) >= 11 is 5.54. The van der Waals surface area contributed by atoms with E-state index in [4.69, 9.17) is 0 Å². The van der Waals surface area contributed by atoms with Gasteiger partial charge in [-0.3, -0.25) is 9.78 Å². The Bertz CT molecular complexity index is 616. The molecule has 1 heterocycles. The minimum absolute atomic E-state index is 0.0750. The molecule has 1 aromatic heterocycles. The Hall–Kier alpha value is -0.950. The molecule has 19 heavy (non-hydrogen) atoms. The standard InChI is InChI=1S/C14H12BrIN2O/c1-9-4-5-17-7-10(9)8-18-14(19)12-6-11(15)2-3-13(12)16/h2-7H,8H2,1H3,(H,18,19). The van der Waals surface area contributed by atoms with Gasteiger partial charge in [-0.25, -0.2) is 0 Å². The molecule has 2 aromatic rings. The zero-order chi connectivity index (χ0) is 13.8. The molecular formula is C14H12BrIN2O. The number of nitrogens with one attached hydrogen (secondary N) is 1. The lowest BCUT2D eigenvalue weighted by atomic mass is 10.1. The van der Waals surface area contributed by atoms with Crippen LogP contribution in [0.4, 0.5) is 0 Å². The van der Waals surface area contributed by atoms with E-state index in [1.165, 1.54) is 0 Å². The van der Waals surface area contributed by atoms with Gasteiger partial charge in [-0.1, -0.05) is 15.9 Å². The molecular weight excluding hydrogens is 419 g/mol. The van der Waals surface area contributed by atoms with Gasteiger partial charge in [-0.2, -0.15) is 0 Å². The van der Waals surface area contributed by atoms with Crippen LogP contribution in [0.15, 0.2) is 41.1 Å². The molecule has 0 spiro atoms. The topological polar surface area (TPSA) is 42.0 Å². The van der Waals surface area contributed by atoms with E-state index in [1.54, 1.807) is 12.4 Å². The van der Waals surface area contributed by atoms with E-state index in [0.717, 1.165) is 19.2 Å². The number of hydrogen-bond donors (Lipinski definition) is 1. The summed E-state index contributed by atoms with van der Waals surface area (Å²) in [6.45, 7) is 2.49. The molecule has 0 saturated carbocycles. The first-order chi connectivity index (χ1) is 9.08. The second-order valence-electron chi connectivity index (χ2n) is 4.11.